The van der Waals surface area contributed by atoms with Crippen LogP contribution in [0.1, 0.15) is 6.92 Å². The Balaban J connectivity index is 1.80. The van der Waals surface area contributed by atoms with Crippen molar-refractivity contribution >= 4 is 17.7 Å². The summed E-state index contributed by atoms with van der Waals surface area (Å²) in [4.78, 5) is 27.2. The molecule has 0 radical (unpaired) electrons. The number of rotatable bonds is 3. The highest BCUT2D eigenvalue weighted by Gasteiger charge is 2.42. The molecule has 20 heavy (non-hydrogen) atoms. The van der Waals surface area contributed by atoms with Crippen LogP contribution in [0.5, 0.6) is 5.75 Å². The van der Waals surface area contributed by atoms with Crippen LogP contribution in [0.2, 0.25) is 0 Å². The van der Waals surface area contributed by atoms with E-state index in [9.17, 15) is 9.59 Å². The Kier molecular flexibility index (Phi) is 3.22. The maximum absolute atomic E-state index is 12.4. The van der Waals surface area contributed by atoms with Gasteiger partial charge in [-0.3, -0.25) is 9.69 Å². The van der Waals surface area contributed by atoms with Crippen LogP contribution in [0.4, 0.5) is 10.5 Å². The predicted octanol–water partition coefficient (Wildman–Crippen LogP) is 1.25. The van der Waals surface area contributed by atoms with Gasteiger partial charge in [0.2, 0.25) is 0 Å². The van der Waals surface area contributed by atoms with Crippen LogP contribution in [-0.4, -0.2) is 49.2 Å². The van der Waals surface area contributed by atoms with Crippen molar-refractivity contribution in [2.24, 2.45) is 0 Å². The zero-order chi connectivity index (χ0) is 14.1. The van der Waals surface area contributed by atoms with E-state index in [1.807, 2.05) is 24.3 Å². The molecule has 6 heteroatoms. The van der Waals surface area contributed by atoms with Gasteiger partial charge in [0.05, 0.1) is 18.3 Å². The largest absolute Gasteiger partial charge is 0.489 e. The Labute approximate surface area is 116 Å². The number of benzene rings is 1. The highest BCUT2D eigenvalue weighted by molar-refractivity contribution is 5.98. The second kappa shape index (κ2) is 5.03. The van der Waals surface area contributed by atoms with Crippen LogP contribution in [-0.2, 0) is 9.53 Å². The molecular formula is C14H16N2O4. The molecule has 2 amide bonds. The molecule has 1 atom stereocenters. The molecule has 1 aromatic carbocycles. The summed E-state index contributed by atoms with van der Waals surface area (Å²) in [5.41, 5.74) is 0.764. The smallest absolute Gasteiger partial charge is 0.325 e. The molecule has 1 aromatic rings. The second-order valence-corrected chi connectivity index (χ2v) is 4.77. The number of amides is 2. The van der Waals surface area contributed by atoms with Gasteiger partial charge in [-0.25, -0.2) is 4.79 Å². The maximum atomic E-state index is 12.4. The number of fused-ring (bicyclic) bond motifs is 3. The van der Waals surface area contributed by atoms with E-state index in [1.54, 1.807) is 11.8 Å². The number of ether oxygens (including phenoxy) is 2. The summed E-state index contributed by atoms with van der Waals surface area (Å²) in [7, 11) is 0. The Morgan fingerprint density at radius 3 is 3.05 bits per heavy atom. The molecule has 0 spiro atoms. The number of nitrogens with zero attached hydrogens (tertiary/aromatic N) is 2. The van der Waals surface area contributed by atoms with E-state index in [2.05, 4.69) is 0 Å². The number of anilines is 1. The SMILES string of the molecule is CCOC(=O)CN1CC2COc3ccccc3N2C1=O. The number of hydrogen-bond acceptors (Lipinski definition) is 4. The number of urea groups is 1. The van der Waals surface area contributed by atoms with Gasteiger partial charge in [0, 0.05) is 6.54 Å². The quantitative estimate of drug-likeness (QED) is 0.780. The van der Waals surface area contributed by atoms with Crippen molar-refractivity contribution in [1.82, 2.24) is 4.90 Å². The third kappa shape index (κ3) is 2.07. The van der Waals surface area contributed by atoms with Crippen LogP contribution < -0.4 is 9.64 Å². The normalized spacial score (nSPS) is 20.2. The zero-order valence-corrected chi connectivity index (χ0v) is 11.2. The Morgan fingerprint density at radius 2 is 2.25 bits per heavy atom. The minimum atomic E-state index is -0.380. The fourth-order valence-corrected chi connectivity index (χ4v) is 2.61. The first-order valence-corrected chi connectivity index (χ1v) is 6.66. The summed E-state index contributed by atoms with van der Waals surface area (Å²) in [6.07, 6.45) is 0. The lowest BCUT2D eigenvalue weighted by Gasteiger charge is -2.30. The monoisotopic (exact) mass is 276 g/mol. The van der Waals surface area contributed by atoms with Crippen LogP contribution in [0.25, 0.3) is 0 Å². The first kappa shape index (κ1) is 12.8. The fourth-order valence-electron chi connectivity index (χ4n) is 2.61. The summed E-state index contributed by atoms with van der Waals surface area (Å²) in [5.74, 6) is 0.324. The van der Waals surface area contributed by atoms with E-state index < -0.39 is 0 Å². The lowest BCUT2D eigenvalue weighted by atomic mass is 10.2. The number of esters is 1. The molecule has 1 saturated heterocycles. The number of carbonyl (C=O) groups excluding carboxylic acids is 2. The van der Waals surface area contributed by atoms with E-state index in [1.165, 1.54) is 4.90 Å². The van der Waals surface area contributed by atoms with Gasteiger partial charge in [0.15, 0.2) is 0 Å². The van der Waals surface area contributed by atoms with Crippen molar-refractivity contribution < 1.29 is 19.1 Å². The summed E-state index contributed by atoms with van der Waals surface area (Å²) in [6, 6.07) is 7.22. The Morgan fingerprint density at radius 1 is 1.45 bits per heavy atom. The molecule has 0 aromatic heterocycles. The lowest BCUT2D eigenvalue weighted by Crippen LogP contribution is -2.41. The van der Waals surface area contributed by atoms with Gasteiger partial charge >= 0.3 is 12.0 Å². The number of carbonyl (C=O) groups is 2. The zero-order valence-electron chi connectivity index (χ0n) is 11.2. The van der Waals surface area contributed by atoms with Gasteiger partial charge in [0.25, 0.3) is 0 Å². The van der Waals surface area contributed by atoms with Crippen molar-refractivity contribution in [3.05, 3.63) is 24.3 Å². The second-order valence-electron chi connectivity index (χ2n) is 4.77. The summed E-state index contributed by atoms with van der Waals surface area (Å²) in [6.45, 7) is 2.98. The van der Waals surface area contributed by atoms with E-state index >= 15 is 0 Å². The van der Waals surface area contributed by atoms with E-state index in [4.69, 9.17) is 9.47 Å². The molecule has 3 rings (SSSR count). The lowest BCUT2D eigenvalue weighted by molar-refractivity contribution is -0.143. The molecule has 2 aliphatic rings. The Bertz CT molecular complexity index is 546. The van der Waals surface area contributed by atoms with Gasteiger partial charge in [-0.1, -0.05) is 12.1 Å². The number of hydrogen-bond donors (Lipinski definition) is 0. The Hall–Kier alpha value is -2.24. The summed E-state index contributed by atoms with van der Waals surface area (Å²) in [5, 5.41) is 0. The molecule has 2 aliphatic heterocycles. The van der Waals surface area contributed by atoms with Gasteiger partial charge in [0.1, 0.15) is 18.9 Å². The first-order valence-electron chi connectivity index (χ1n) is 6.66. The van der Waals surface area contributed by atoms with Crippen molar-refractivity contribution in [3.8, 4) is 5.75 Å². The van der Waals surface area contributed by atoms with Crippen molar-refractivity contribution in [2.75, 3.05) is 31.2 Å². The number of para-hydroxylation sites is 2. The molecule has 106 valence electrons. The summed E-state index contributed by atoms with van der Waals surface area (Å²) >= 11 is 0. The predicted molar refractivity (Wildman–Crippen MR) is 71.8 cm³/mol. The van der Waals surface area contributed by atoms with Crippen LogP contribution in [0.15, 0.2) is 24.3 Å². The van der Waals surface area contributed by atoms with E-state index in [0.29, 0.717) is 25.5 Å². The average molecular weight is 276 g/mol. The molecular weight excluding hydrogens is 260 g/mol. The van der Waals surface area contributed by atoms with Gasteiger partial charge in [-0.05, 0) is 19.1 Å². The van der Waals surface area contributed by atoms with Gasteiger partial charge < -0.3 is 14.4 Å². The molecule has 1 unspecified atom stereocenters. The molecule has 0 saturated carbocycles. The average Bonchev–Trinajstić information content (AvgIpc) is 2.76. The minimum absolute atomic E-state index is 0.0121. The van der Waals surface area contributed by atoms with Crippen molar-refractivity contribution in [3.63, 3.8) is 0 Å². The minimum Gasteiger partial charge on any atom is -0.489 e. The molecule has 0 N–H and O–H groups in total. The maximum Gasteiger partial charge on any atom is 0.325 e. The van der Waals surface area contributed by atoms with Crippen LogP contribution >= 0.6 is 0 Å². The molecule has 6 nitrogen and oxygen atoms in total. The van der Waals surface area contributed by atoms with Gasteiger partial charge in [-0.2, -0.15) is 0 Å². The van der Waals surface area contributed by atoms with Crippen molar-refractivity contribution in [2.45, 2.75) is 13.0 Å². The summed E-state index contributed by atoms with van der Waals surface area (Å²) < 4.78 is 10.5. The van der Waals surface area contributed by atoms with Crippen LogP contribution in [0, 0.1) is 0 Å². The fraction of sp³-hybridized carbons (Fsp3) is 0.429. The third-order valence-corrected chi connectivity index (χ3v) is 3.45. The van der Waals surface area contributed by atoms with E-state index in [0.717, 1.165) is 5.69 Å². The topological polar surface area (TPSA) is 59.1 Å². The highest BCUT2D eigenvalue weighted by atomic mass is 16.5. The van der Waals surface area contributed by atoms with Gasteiger partial charge in [-0.15, -0.1) is 0 Å². The van der Waals surface area contributed by atoms with Crippen LogP contribution in [0.3, 0.4) is 0 Å². The molecule has 0 bridgehead atoms. The van der Waals surface area contributed by atoms with E-state index in [-0.39, 0.29) is 24.6 Å². The first-order chi connectivity index (χ1) is 9.70. The van der Waals surface area contributed by atoms with Crippen molar-refractivity contribution in [1.29, 1.82) is 0 Å². The standard InChI is InChI=1S/C14H16N2O4/c1-2-19-13(17)8-15-7-10-9-20-12-6-4-3-5-11(12)16(10)14(15)18/h3-6,10H,2,7-9H2,1H3. The highest BCUT2D eigenvalue weighted by Crippen LogP contribution is 2.36. The molecule has 2 heterocycles. The third-order valence-electron chi connectivity index (χ3n) is 3.45. The molecule has 0 aliphatic carbocycles. The molecule has 1 fully saturated rings.